The van der Waals surface area contributed by atoms with Crippen LogP contribution in [-0.4, -0.2) is 20.5 Å². The van der Waals surface area contributed by atoms with Gasteiger partial charge >= 0.3 is 0 Å². The molecule has 0 radical (unpaired) electrons. The highest BCUT2D eigenvalue weighted by molar-refractivity contribution is 7.85. The lowest BCUT2D eigenvalue weighted by Gasteiger charge is -2.07. The van der Waals surface area contributed by atoms with Crippen molar-refractivity contribution in [1.82, 2.24) is 4.98 Å². The third-order valence-corrected chi connectivity index (χ3v) is 3.69. The van der Waals surface area contributed by atoms with E-state index in [1.807, 2.05) is 31.2 Å². The average molecular weight is 251 g/mol. The lowest BCUT2D eigenvalue weighted by molar-refractivity contribution is 0.397. The average Bonchev–Trinajstić information content (AvgIpc) is 2.28. The van der Waals surface area contributed by atoms with Gasteiger partial charge in [-0.2, -0.15) is 8.42 Å². The minimum atomic E-state index is -3.51. The van der Waals surface area contributed by atoms with Crippen LogP contribution in [0.1, 0.15) is 11.3 Å². The van der Waals surface area contributed by atoms with E-state index in [-0.39, 0.29) is 5.75 Å². The Morgan fingerprint density at radius 1 is 1.29 bits per heavy atom. The Kier molecular flexibility index (Phi) is 3.13. The van der Waals surface area contributed by atoms with E-state index < -0.39 is 10.1 Å². The fourth-order valence-corrected chi connectivity index (χ4v) is 2.50. The van der Waals surface area contributed by atoms with Gasteiger partial charge in [0.1, 0.15) is 5.75 Å². The van der Waals surface area contributed by atoms with Gasteiger partial charge in [-0.25, -0.2) is 0 Å². The molecule has 0 unspecified atom stereocenters. The van der Waals surface area contributed by atoms with E-state index in [2.05, 4.69) is 9.17 Å². The molecular weight excluding hydrogens is 238 g/mol. The molecule has 0 saturated carbocycles. The number of aromatic nitrogens is 1. The van der Waals surface area contributed by atoms with Crippen molar-refractivity contribution in [3.8, 4) is 0 Å². The fourth-order valence-electron chi connectivity index (χ4n) is 1.76. The molecule has 0 aliphatic carbocycles. The van der Waals surface area contributed by atoms with Crippen LogP contribution in [0, 0.1) is 6.92 Å². The quantitative estimate of drug-likeness (QED) is 0.783. The normalized spacial score (nSPS) is 11.9. The predicted octanol–water partition coefficient (Wildman–Crippen LogP) is 2.02. The molecule has 0 amide bonds. The second kappa shape index (κ2) is 4.43. The number of pyridine rings is 1. The van der Waals surface area contributed by atoms with E-state index in [1.54, 1.807) is 6.07 Å². The van der Waals surface area contributed by atoms with Gasteiger partial charge in [0.15, 0.2) is 0 Å². The summed E-state index contributed by atoms with van der Waals surface area (Å²) in [6.07, 6.45) is 0. The monoisotopic (exact) mass is 251 g/mol. The van der Waals surface area contributed by atoms with Crippen LogP contribution in [0.3, 0.4) is 0 Å². The Morgan fingerprint density at radius 3 is 2.71 bits per heavy atom. The number of benzene rings is 1. The van der Waals surface area contributed by atoms with Crippen molar-refractivity contribution in [2.45, 2.75) is 12.7 Å². The van der Waals surface area contributed by atoms with Crippen molar-refractivity contribution < 1.29 is 12.6 Å². The summed E-state index contributed by atoms with van der Waals surface area (Å²) in [4.78, 5) is 4.36. The Labute approximate surface area is 100 Å². The van der Waals surface area contributed by atoms with Gasteiger partial charge in [0, 0.05) is 11.1 Å². The first-order valence-electron chi connectivity index (χ1n) is 5.15. The Balaban J connectivity index is 2.60. The summed E-state index contributed by atoms with van der Waals surface area (Å²) in [5.74, 6) is -0.132. The first kappa shape index (κ1) is 12.0. The summed E-state index contributed by atoms with van der Waals surface area (Å²) in [7, 11) is -2.34. The Bertz CT molecular complexity index is 650. The van der Waals surface area contributed by atoms with Crippen LogP contribution < -0.4 is 0 Å². The van der Waals surface area contributed by atoms with Crippen LogP contribution in [0.2, 0.25) is 0 Å². The van der Waals surface area contributed by atoms with Crippen molar-refractivity contribution >= 4 is 21.0 Å². The van der Waals surface area contributed by atoms with Crippen molar-refractivity contribution in [3.63, 3.8) is 0 Å². The largest absolute Gasteiger partial charge is 0.273 e. The molecule has 0 spiro atoms. The van der Waals surface area contributed by atoms with E-state index in [1.165, 1.54) is 7.11 Å². The van der Waals surface area contributed by atoms with Gasteiger partial charge in [0.05, 0.1) is 12.6 Å². The zero-order valence-electron chi connectivity index (χ0n) is 9.67. The molecule has 5 heteroatoms. The second-order valence-corrected chi connectivity index (χ2v) is 5.55. The third kappa shape index (κ3) is 2.62. The first-order valence-corrected chi connectivity index (χ1v) is 6.73. The molecular formula is C12H13NO3S. The smallest absolute Gasteiger partial charge is 0.271 e. The van der Waals surface area contributed by atoms with Crippen LogP contribution in [0.25, 0.3) is 10.9 Å². The molecule has 0 aliphatic heterocycles. The number of para-hydroxylation sites is 1. The van der Waals surface area contributed by atoms with Crippen LogP contribution in [0.15, 0.2) is 30.3 Å². The van der Waals surface area contributed by atoms with Gasteiger partial charge in [-0.15, -0.1) is 0 Å². The molecule has 1 heterocycles. The molecule has 4 nitrogen and oxygen atoms in total. The molecule has 2 rings (SSSR count). The number of hydrogen-bond donors (Lipinski definition) is 0. The minimum Gasteiger partial charge on any atom is -0.273 e. The number of rotatable bonds is 3. The Morgan fingerprint density at radius 2 is 2.00 bits per heavy atom. The molecule has 90 valence electrons. The van der Waals surface area contributed by atoms with Gasteiger partial charge in [0.25, 0.3) is 10.1 Å². The lowest BCUT2D eigenvalue weighted by Crippen LogP contribution is -2.06. The van der Waals surface area contributed by atoms with E-state index in [0.29, 0.717) is 0 Å². The van der Waals surface area contributed by atoms with E-state index >= 15 is 0 Å². The highest BCUT2D eigenvalue weighted by atomic mass is 32.2. The summed E-state index contributed by atoms with van der Waals surface area (Å²) in [5, 5.41) is 0.846. The summed E-state index contributed by atoms with van der Waals surface area (Å²) >= 11 is 0. The fraction of sp³-hybridized carbons (Fsp3) is 0.250. The van der Waals surface area contributed by atoms with Crippen LogP contribution >= 0.6 is 0 Å². The molecule has 0 atom stereocenters. The highest BCUT2D eigenvalue weighted by Crippen LogP contribution is 2.20. The summed E-state index contributed by atoms with van der Waals surface area (Å²) in [6, 6.07) is 9.25. The molecule has 0 N–H and O–H groups in total. The van der Waals surface area contributed by atoms with Crippen molar-refractivity contribution in [2.24, 2.45) is 0 Å². The minimum absolute atomic E-state index is 0.132. The van der Waals surface area contributed by atoms with Crippen molar-refractivity contribution in [2.75, 3.05) is 7.11 Å². The molecule has 0 aliphatic rings. The van der Waals surface area contributed by atoms with Gasteiger partial charge in [0.2, 0.25) is 0 Å². The SMILES string of the molecule is COS(=O)(=O)Cc1cc(C)nc2ccccc12. The van der Waals surface area contributed by atoms with Gasteiger partial charge in [-0.05, 0) is 24.6 Å². The Hall–Kier alpha value is -1.46. The van der Waals surface area contributed by atoms with Crippen LogP contribution in [-0.2, 0) is 20.1 Å². The molecule has 0 saturated heterocycles. The molecule has 0 bridgehead atoms. The zero-order valence-corrected chi connectivity index (χ0v) is 10.5. The van der Waals surface area contributed by atoms with Gasteiger partial charge < -0.3 is 0 Å². The summed E-state index contributed by atoms with van der Waals surface area (Å²) < 4.78 is 27.4. The molecule has 1 aromatic heterocycles. The molecule has 2 aromatic rings. The second-order valence-electron chi connectivity index (χ2n) is 3.81. The van der Waals surface area contributed by atoms with E-state index in [9.17, 15) is 8.42 Å². The topological polar surface area (TPSA) is 56.3 Å². The summed E-state index contributed by atoms with van der Waals surface area (Å²) in [6.45, 7) is 1.84. The number of fused-ring (bicyclic) bond motifs is 1. The number of aryl methyl sites for hydroxylation is 1. The third-order valence-electron chi connectivity index (χ3n) is 2.52. The molecule has 0 fully saturated rings. The van der Waals surface area contributed by atoms with Crippen LogP contribution in [0.4, 0.5) is 0 Å². The predicted molar refractivity (Wildman–Crippen MR) is 66.1 cm³/mol. The zero-order chi connectivity index (χ0) is 12.5. The number of hydrogen-bond acceptors (Lipinski definition) is 4. The van der Waals surface area contributed by atoms with Gasteiger partial charge in [-0.1, -0.05) is 18.2 Å². The van der Waals surface area contributed by atoms with E-state index in [0.717, 1.165) is 22.2 Å². The highest BCUT2D eigenvalue weighted by Gasteiger charge is 2.13. The van der Waals surface area contributed by atoms with Crippen LogP contribution in [0.5, 0.6) is 0 Å². The maximum atomic E-state index is 11.5. The maximum Gasteiger partial charge on any atom is 0.271 e. The lowest BCUT2D eigenvalue weighted by atomic mass is 10.1. The van der Waals surface area contributed by atoms with Crippen molar-refractivity contribution in [3.05, 3.63) is 41.6 Å². The summed E-state index contributed by atoms with van der Waals surface area (Å²) in [5.41, 5.74) is 2.31. The molecule has 17 heavy (non-hydrogen) atoms. The molecule has 1 aromatic carbocycles. The maximum absolute atomic E-state index is 11.5. The standard InChI is InChI=1S/C12H13NO3S/c1-9-7-10(8-17(14,15)16-2)11-5-3-4-6-12(11)13-9/h3-7H,8H2,1-2H3. The van der Waals surface area contributed by atoms with E-state index in [4.69, 9.17) is 0 Å². The number of nitrogens with zero attached hydrogens (tertiary/aromatic N) is 1. The van der Waals surface area contributed by atoms with Crippen molar-refractivity contribution in [1.29, 1.82) is 0 Å². The van der Waals surface area contributed by atoms with Gasteiger partial charge in [-0.3, -0.25) is 9.17 Å². The first-order chi connectivity index (χ1) is 8.02.